The van der Waals surface area contributed by atoms with Gasteiger partial charge in [-0.25, -0.2) is 4.39 Å². The predicted octanol–water partition coefficient (Wildman–Crippen LogP) is 3.38. The molecule has 0 N–H and O–H groups in total. The Kier molecular flexibility index (Phi) is 3.52. The van der Waals surface area contributed by atoms with Crippen molar-refractivity contribution in [1.82, 2.24) is 4.90 Å². The number of carbonyl (C=O) groups is 1. The number of nitrogens with zero attached hydrogens (tertiary/aromatic N) is 1. The topological polar surface area (TPSA) is 20.3 Å². The highest BCUT2D eigenvalue weighted by Crippen LogP contribution is 2.39. The first-order valence-corrected chi connectivity index (χ1v) is 7.81. The van der Waals surface area contributed by atoms with Gasteiger partial charge in [0.25, 0.3) is 0 Å². The van der Waals surface area contributed by atoms with Crippen LogP contribution in [0.3, 0.4) is 0 Å². The molecule has 0 bridgehead atoms. The Labute approximate surface area is 117 Å². The summed E-state index contributed by atoms with van der Waals surface area (Å²) >= 11 is 1.67. The van der Waals surface area contributed by atoms with E-state index in [-0.39, 0.29) is 22.2 Å². The lowest BCUT2D eigenvalue weighted by molar-refractivity contribution is -0.127. The van der Waals surface area contributed by atoms with Crippen molar-refractivity contribution in [3.8, 4) is 0 Å². The lowest BCUT2D eigenvalue weighted by atomic mass is 10.2. The van der Waals surface area contributed by atoms with Crippen molar-refractivity contribution in [2.24, 2.45) is 0 Å². The van der Waals surface area contributed by atoms with E-state index in [2.05, 4.69) is 0 Å². The number of likely N-dealkylation sites (tertiary alicyclic amines) is 1. The maximum atomic E-state index is 13.2. The Morgan fingerprint density at radius 2 is 2.16 bits per heavy atom. The second kappa shape index (κ2) is 5.16. The van der Waals surface area contributed by atoms with Gasteiger partial charge >= 0.3 is 0 Å². The summed E-state index contributed by atoms with van der Waals surface area (Å²) in [5.74, 6) is 0.0815. The van der Waals surface area contributed by atoms with Crippen molar-refractivity contribution >= 4 is 17.7 Å². The lowest BCUT2D eigenvalue weighted by Gasteiger charge is -2.18. The van der Waals surface area contributed by atoms with Gasteiger partial charge < -0.3 is 4.90 Å². The molecule has 1 aliphatic heterocycles. The van der Waals surface area contributed by atoms with Gasteiger partial charge in [0.05, 0.1) is 5.25 Å². The third-order valence-electron chi connectivity index (χ3n) is 3.86. The number of carbonyl (C=O) groups excluding carboxylic acids is 1. The van der Waals surface area contributed by atoms with Gasteiger partial charge in [-0.05, 0) is 43.9 Å². The Balaban J connectivity index is 1.63. The van der Waals surface area contributed by atoms with Crippen LogP contribution in [0.4, 0.5) is 4.39 Å². The highest BCUT2D eigenvalue weighted by atomic mass is 32.2. The molecule has 1 heterocycles. The highest BCUT2D eigenvalue weighted by Gasteiger charge is 2.41. The quantitative estimate of drug-likeness (QED) is 0.842. The first kappa shape index (κ1) is 13.0. The minimum absolute atomic E-state index is 0.0545. The van der Waals surface area contributed by atoms with Crippen LogP contribution in [0.1, 0.15) is 37.0 Å². The van der Waals surface area contributed by atoms with E-state index < -0.39 is 0 Å². The molecule has 0 aromatic heterocycles. The SMILES string of the molecule is C[C@H](S[C@H]1CCN(C2CC2)C1=O)c1cccc(F)c1. The molecule has 1 aromatic rings. The normalized spacial score (nSPS) is 24.8. The van der Waals surface area contributed by atoms with E-state index in [9.17, 15) is 9.18 Å². The minimum atomic E-state index is -0.206. The molecule has 1 aromatic carbocycles. The standard InChI is InChI=1S/C15H18FNOS/c1-10(11-3-2-4-12(16)9-11)19-14-7-8-17(15(14)18)13-5-6-13/h2-4,9-10,13-14H,5-8H2,1H3/t10-,14-/m0/s1. The van der Waals surface area contributed by atoms with Crippen LogP contribution in [0.25, 0.3) is 0 Å². The molecule has 3 rings (SSSR count). The third-order valence-corrected chi connectivity index (χ3v) is 5.31. The molecule has 0 unspecified atom stereocenters. The van der Waals surface area contributed by atoms with Gasteiger partial charge in [0, 0.05) is 17.8 Å². The van der Waals surface area contributed by atoms with E-state index >= 15 is 0 Å². The average molecular weight is 279 g/mol. The summed E-state index contributed by atoms with van der Waals surface area (Å²) in [4.78, 5) is 14.3. The Bertz CT molecular complexity index is 489. The molecule has 19 heavy (non-hydrogen) atoms. The number of hydrogen-bond donors (Lipinski definition) is 0. The number of hydrogen-bond acceptors (Lipinski definition) is 2. The molecule has 2 nitrogen and oxygen atoms in total. The van der Waals surface area contributed by atoms with Crippen LogP contribution in [0.5, 0.6) is 0 Å². The number of amides is 1. The fourth-order valence-corrected chi connectivity index (χ4v) is 3.92. The average Bonchev–Trinajstić information content (AvgIpc) is 3.16. The summed E-state index contributed by atoms with van der Waals surface area (Å²) in [5.41, 5.74) is 0.961. The molecule has 1 amide bonds. The van der Waals surface area contributed by atoms with Gasteiger partial charge in [-0.1, -0.05) is 12.1 Å². The van der Waals surface area contributed by atoms with Crippen molar-refractivity contribution in [2.75, 3.05) is 6.54 Å². The van der Waals surface area contributed by atoms with Crippen LogP contribution in [0.2, 0.25) is 0 Å². The lowest BCUT2D eigenvalue weighted by Crippen LogP contribution is -2.30. The molecule has 2 atom stereocenters. The van der Waals surface area contributed by atoms with Crippen molar-refractivity contribution in [1.29, 1.82) is 0 Å². The predicted molar refractivity (Wildman–Crippen MR) is 75.5 cm³/mol. The second-order valence-electron chi connectivity index (χ2n) is 5.37. The Morgan fingerprint density at radius 1 is 1.37 bits per heavy atom. The van der Waals surface area contributed by atoms with Crippen LogP contribution in [0, 0.1) is 5.82 Å². The molecule has 2 fully saturated rings. The van der Waals surface area contributed by atoms with Gasteiger partial charge in [-0.15, -0.1) is 11.8 Å². The van der Waals surface area contributed by atoms with Crippen LogP contribution in [0.15, 0.2) is 24.3 Å². The second-order valence-corrected chi connectivity index (χ2v) is 6.92. The number of halogens is 1. The maximum Gasteiger partial charge on any atom is 0.236 e. The molecule has 2 aliphatic rings. The number of rotatable bonds is 4. The zero-order chi connectivity index (χ0) is 13.4. The molecular weight excluding hydrogens is 261 g/mol. The zero-order valence-electron chi connectivity index (χ0n) is 11.0. The van der Waals surface area contributed by atoms with E-state index in [1.807, 2.05) is 17.9 Å². The van der Waals surface area contributed by atoms with Crippen molar-refractivity contribution in [3.63, 3.8) is 0 Å². The van der Waals surface area contributed by atoms with Gasteiger partial charge in [-0.2, -0.15) is 0 Å². The third kappa shape index (κ3) is 2.78. The monoisotopic (exact) mass is 279 g/mol. The largest absolute Gasteiger partial charge is 0.339 e. The number of thioether (sulfide) groups is 1. The first-order chi connectivity index (χ1) is 9.15. The zero-order valence-corrected chi connectivity index (χ0v) is 11.8. The van der Waals surface area contributed by atoms with Crippen LogP contribution < -0.4 is 0 Å². The first-order valence-electron chi connectivity index (χ1n) is 6.86. The van der Waals surface area contributed by atoms with Crippen LogP contribution in [-0.4, -0.2) is 28.6 Å². The van der Waals surface area contributed by atoms with Crippen LogP contribution >= 0.6 is 11.8 Å². The molecule has 4 heteroatoms. The molecule has 102 valence electrons. The Hall–Kier alpha value is -1.03. The fraction of sp³-hybridized carbons (Fsp3) is 0.533. The molecule has 0 radical (unpaired) electrons. The molecular formula is C15H18FNOS. The molecule has 1 aliphatic carbocycles. The summed E-state index contributed by atoms with van der Waals surface area (Å²) in [6, 6.07) is 7.20. The van der Waals surface area contributed by atoms with Gasteiger partial charge in [0.1, 0.15) is 5.82 Å². The van der Waals surface area contributed by atoms with Crippen molar-refractivity contribution in [3.05, 3.63) is 35.6 Å². The van der Waals surface area contributed by atoms with Gasteiger partial charge in [0.15, 0.2) is 0 Å². The minimum Gasteiger partial charge on any atom is -0.339 e. The van der Waals surface area contributed by atoms with Crippen LogP contribution in [-0.2, 0) is 4.79 Å². The van der Waals surface area contributed by atoms with Gasteiger partial charge in [0.2, 0.25) is 5.91 Å². The van der Waals surface area contributed by atoms with E-state index in [0.717, 1.165) is 18.5 Å². The summed E-state index contributed by atoms with van der Waals surface area (Å²) in [6.07, 6.45) is 3.27. The van der Waals surface area contributed by atoms with E-state index in [4.69, 9.17) is 0 Å². The van der Waals surface area contributed by atoms with Crippen molar-refractivity contribution in [2.45, 2.75) is 42.7 Å². The summed E-state index contributed by atoms with van der Waals surface area (Å²) in [6.45, 7) is 2.95. The summed E-state index contributed by atoms with van der Waals surface area (Å²) in [7, 11) is 0. The smallest absolute Gasteiger partial charge is 0.236 e. The maximum absolute atomic E-state index is 13.2. The Morgan fingerprint density at radius 3 is 2.84 bits per heavy atom. The van der Waals surface area contributed by atoms with E-state index in [0.29, 0.717) is 6.04 Å². The van der Waals surface area contributed by atoms with E-state index in [1.165, 1.54) is 18.9 Å². The van der Waals surface area contributed by atoms with Crippen molar-refractivity contribution < 1.29 is 9.18 Å². The van der Waals surface area contributed by atoms with E-state index in [1.54, 1.807) is 23.9 Å². The number of benzene rings is 1. The van der Waals surface area contributed by atoms with Gasteiger partial charge in [-0.3, -0.25) is 4.79 Å². The molecule has 1 saturated heterocycles. The molecule has 1 saturated carbocycles. The molecule has 0 spiro atoms. The summed E-state index contributed by atoms with van der Waals surface area (Å²) in [5, 5.41) is 0.211. The summed E-state index contributed by atoms with van der Waals surface area (Å²) < 4.78 is 13.2. The fourth-order valence-electron chi connectivity index (χ4n) is 2.63. The highest BCUT2D eigenvalue weighted by molar-refractivity contribution is 8.00.